The number of aliphatic hydroxyl groups excluding tert-OH is 2. The number of ketones is 1. The predicted molar refractivity (Wildman–Crippen MR) is 97.6 cm³/mol. The minimum absolute atomic E-state index is 0.0653. The van der Waals surface area contributed by atoms with E-state index in [4.69, 9.17) is 0 Å². The molecule has 2 aliphatic rings. The zero-order valence-electron chi connectivity index (χ0n) is 15.3. The molecule has 2 fully saturated rings. The van der Waals surface area contributed by atoms with E-state index < -0.39 is 6.10 Å². The highest BCUT2D eigenvalue weighted by Gasteiger charge is 2.40. The van der Waals surface area contributed by atoms with E-state index in [0.717, 1.165) is 25.7 Å². The summed E-state index contributed by atoms with van der Waals surface area (Å²) < 4.78 is 0. The van der Waals surface area contributed by atoms with Gasteiger partial charge in [0.1, 0.15) is 5.78 Å². The Bertz CT molecular complexity index is 462. The number of carbonyl (C=O) groups excluding carboxylic acids is 1. The van der Waals surface area contributed by atoms with Gasteiger partial charge in [-0.05, 0) is 37.5 Å². The van der Waals surface area contributed by atoms with Crippen molar-refractivity contribution in [3.63, 3.8) is 0 Å². The molecule has 2 rings (SSSR count). The number of Topliss-reactive ketones (excluding diaryl/α,β-unsaturated/α-hetero) is 1. The second-order valence-electron chi connectivity index (χ2n) is 7.96. The van der Waals surface area contributed by atoms with Crippen molar-refractivity contribution in [2.24, 2.45) is 17.3 Å². The summed E-state index contributed by atoms with van der Waals surface area (Å²) in [5, 5.41) is 20.5. The average Bonchev–Trinajstić information content (AvgIpc) is 2.78. The van der Waals surface area contributed by atoms with Crippen molar-refractivity contribution >= 4 is 5.78 Å². The maximum atomic E-state index is 12.1. The summed E-state index contributed by atoms with van der Waals surface area (Å²) in [5.74, 6) is -0.0379. The molecule has 0 aromatic carbocycles. The third-order valence-corrected chi connectivity index (χ3v) is 6.03. The molecule has 3 nitrogen and oxygen atoms in total. The third-order valence-electron chi connectivity index (χ3n) is 6.03. The quantitative estimate of drug-likeness (QED) is 0.491. The predicted octanol–water partition coefficient (Wildman–Crippen LogP) is 4.19. The number of hydrogen-bond acceptors (Lipinski definition) is 3. The van der Waals surface area contributed by atoms with Gasteiger partial charge in [-0.15, -0.1) is 0 Å². The molecule has 3 heteroatoms. The number of unbranched alkanes of at least 4 members (excludes halogenated alkanes) is 2. The number of rotatable bonds is 9. The highest BCUT2D eigenvalue weighted by atomic mass is 16.3. The lowest BCUT2D eigenvalue weighted by atomic mass is 9.66. The second kappa shape index (κ2) is 8.96. The summed E-state index contributed by atoms with van der Waals surface area (Å²) >= 11 is 0. The van der Waals surface area contributed by atoms with Crippen LogP contribution in [-0.4, -0.2) is 28.2 Å². The second-order valence-corrected chi connectivity index (χ2v) is 7.96. The molecule has 24 heavy (non-hydrogen) atoms. The molecule has 0 aromatic heterocycles. The van der Waals surface area contributed by atoms with Crippen molar-refractivity contribution < 1.29 is 15.0 Å². The van der Waals surface area contributed by atoms with Crippen LogP contribution in [0, 0.1) is 17.3 Å². The standard InChI is InChI=1S/C21H34O3/c1-3-4-5-6-7-10-16-17(19(23)15-18(16)22)11-8-12-20(24)21(2)13-9-14-21/h6-8,11,16-17,19-20,23-24H,3-5,9-10,12-15H2,1-2H3/b7-6-,11-8+/t16-,17-,19-,20?/m1/s1. The fourth-order valence-corrected chi connectivity index (χ4v) is 3.93. The fraction of sp³-hybridized carbons (Fsp3) is 0.762. The molecule has 2 N–H and O–H groups in total. The maximum Gasteiger partial charge on any atom is 0.139 e. The molecule has 1 unspecified atom stereocenters. The lowest BCUT2D eigenvalue weighted by molar-refractivity contribution is -0.121. The van der Waals surface area contributed by atoms with Crippen LogP contribution < -0.4 is 0 Å². The SMILES string of the molecule is CCCC/C=C\C[C@H]1C(=O)C[C@@H](O)[C@@H]1/C=C/CC(O)C1(C)CCC1. The van der Waals surface area contributed by atoms with Crippen LogP contribution in [0.5, 0.6) is 0 Å². The van der Waals surface area contributed by atoms with Crippen LogP contribution in [0.3, 0.4) is 0 Å². The van der Waals surface area contributed by atoms with E-state index in [0.29, 0.717) is 6.42 Å². The normalized spacial score (nSPS) is 31.0. The third kappa shape index (κ3) is 4.80. The molecule has 0 aromatic rings. The monoisotopic (exact) mass is 334 g/mol. The maximum absolute atomic E-state index is 12.1. The van der Waals surface area contributed by atoms with E-state index in [1.54, 1.807) is 0 Å². The van der Waals surface area contributed by atoms with Gasteiger partial charge >= 0.3 is 0 Å². The Labute approximate surface area is 146 Å². The minimum Gasteiger partial charge on any atom is -0.392 e. The van der Waals surface area contributed by atoms with Crippen LogP contribution in [0.4, 0.5) is 0 Å². The smallest absolute Gasteiger partial charge is 0.139 e. The van der Waals surface area contributed by atoms with Gasteiger partial charge in [0.05, 0.1) is 12.2 Å². The first kappa shape index (κ1) is 19.4. The highest BCUT2D eigenvalue weighted by molar-refractivity contribution is 5.84. The minimum atomic E-state index is -0.570. The first-order chi connectivity index (χ1) is 11.5. The number of aliphatic hydroxyl groups is 2. The van der Waals surface area contributed by atoms with Gasteiger partial charge in [0.2, 0.25) is 0 Å². The van der Waals surface area contributed by atoms with Crippen LogP contribution in [-0.2, 0) is 4.79 Å². The van der Waals surface area contributed by atoms with E-state index in [2.05, 4.69) is 26.0 Å². The molecule has 0 aliphatic heterocycles. The van der Waals surface area contributed by atoms with Gasteiger partial charge < -0.3 is 10.2 Å². The Morgan fingerprint density at radius 1 is 1.29 bits per heavy atom. The van der Waals surface area contributed by atoms with Crippen LogP contribution in [0.15, 0.2) is 24.3 Å². The molecule has 0 amide bonds. The average molecular weight is 335 g/mol. The Morgan fingerprint density at radius 2 is 2.04 bits per heavy atom. The summed E-state index contributed by atoms with van der Waals surface area (Å²) in [4.78, 5) is 12.1. The van der Waals surface area contributed by atoms with Crippen molar-refractivity contribution in [1.29, 1.82) is 0 Å². The van der Waals surface area contributed by atoms with Crippen LogP contribution in [0.1, 0.15) is 71.6 Å². The molecular weight excluding hydrogens is 300 g/mol. The number of hydrogen-bond donors (Lipinski definition) is 2. The van der Waals surface area contributed by atoms with Crippen molar-refractivity contribution in [1.82, 2.24) is 0 Å². The zero-order valence-corrected chi connectivity index (χ0v) is 15.3. The molecule has 2 aliphatic carbocycles. The van der Waals surface area contributed by atoms with Gasteiger partial charge in [-0.3, -0.25) is 4.79 Å². The highest BCUT2D eigenvalue weighted by Crippen LogP contribution is 2.44. The fourth-order valence-electron chi connectivity index (χ4n) is 3.93. The Balaban J connectivity index is 1.86. The van der Waals surface area contributed by atoms with Gasteiger partial charge in [0.25, 0.3) is 0 Å². The first-order valence-electron chi connectivity index (χ1n) is 9.68. The molecule has 0 spiro atoms. The summed E-state index contributed by atoms with van der Waals surface area (Å²) in [5.41, 5.74) is 0.0653. The lowest BCUT2D eigenvalue weighted by Gasteiger charge is -2.42. The van der Waals surface area contributed by atoms with E-state index in [1.807, 2.05) is 12.2 Å². The van der Waals surface area contributed by atoms with Gasteiger partial charge in [-0.2, -0.15) is 0 Å². The zero-order chi connectivity index (χ0) is 17.6. The van der Waals surface area contributed by atoms with Crippen molar-refractivity contribution in [3.05, 3.63) is 24.3 Å². The molecule has 0 heterocycles. The van der Waals surface area contributed by atoms with Crippen molar-refractivity contribution in [2.75, 3.05) is 0 Å². The summed E-state index contributed by atoms with van der Waals surface area (Å²) in [7, 11) is 0. The van der Waals surface area contributed by atoms with Gasteiger partial charge in [0, 0.05) is 18.3 Å². The summed E-state index contributed by atoms with van der Waals surface area (Å²) in [6.07, 6.45) is 15.7. The molecule has 4 atom stereocenters. The van der Waals surface area contributed by atoms with E-state index in [-0.39, 0.29) is 35.6 Å². The largest absolute Gasteiger partial charge is 0.392 e. The number of carbonyl (C=O) groups is 1. The molecule has 0 radical (unpaired) electrons. The Hall–Kier alpha value is -0.930. The topological polar surface area (TPSA) is 57.5 Å². The van der Waals surface area contributed by atoms with Gasteiger partial charge in [-0.25, -0.2) is 0 Å². The molecule has 136 valence electrons. The first-order valence-corrected chi connectivity index (χ1v) is 9.68. The van der Waals surface area contributed by atoms with E-state index in [9.17, 15) is 15.0 Å². The van der Waals surface area contributed by atoms with Crippen LogP contribution in [0.25, 0.3) is 0 Å². The molecule has 0 saturated heterocycles. The van der Waals surface area contributed by atoms with E-state index >= 15 is 0 Å². The Kier molecular flexibility index (Phi) is 7.24. The van der Waals surface area contributed by atoms with Gasteiger partial charge in [0.15, 0.2) is 0 Å². The number of allylic oxidation sites excluding steroid dienone is 2. The Morgan fingerprint density at radius 3 is 2.67 bits per heavy atom. The lowest BCUT2D eigenvalue weighted by Crippen LogP contribution is -2.38. The summed E-state index contributed by atoms with van der Waals surface area (Å²) in [6.45, 7) is 4.32. The summed E-state index contributed by atoms with van der Waals surface area (Å²) in [6, 6.07) is 0. The van der Waals surface area contributed by atoms with Crippen LogP contribution in [0.2, 0.25) is 0 Å². The van der Waals surface area contributed by atoms with Crippen LogP contribution >= 0.6 is 0 Å². The van der Waals surface area contributed by atoms with E-state index in [1.165, 1.54) is 19.3 Å². The molecular formula is C21H34O3. The van der Waals surface area contributed by atoms with Gasteiger partial charge in [-0.1, -0.05) is 57.4 Å². The molecule has 2 saturated carbocycles. The van der Waals surface area contributed by atoms with Crippen molar-refractivity contribution in [3.8, 4) is 0 Å². The molecule has 0 bridgehead atoms. The van der Waals surface area contributed by atoms with Crippen molar-refractivity contribution in [2.45, 2.75) is 83.8 Å².